The third-order valence-electron chi connectivity index (χ3n) is 5.22. The molecule has 1 aromatic carbocycles. The number of thioether (sulfide) groups is 1. The first kappa shape index (κ1) is 20.0. The average Bonchev–Trinajstić information content (AvgIpc) is 2.88. The molecule has 1 N–H and O–H groups in total. The van der Waals surface area contributed by atoms with Crippen LogP contribution >= 0.6 is 23.4 Å². The largest absolute Gasteiger partial charge is 0.463 e. The lowest BCUT2D eigenvalue weighted by molar-refractivity contribution is -0.148. The highest BCUT2D eigenvalue weighted by Crippen LogP contribution is 2.38. The number of carbonyl (C=O) groups excluding carboxylic acids is 3. The number of nitrogens with zero attached hydrogens (tertiary/aromatic N) is 1. The van der Waals surface area contributed by atoms with E-state index >= 15 is 0 Å². The number of carbonyl (C=O) groups is 3. The normalized spacial score (nSPS) is 25.0. The maximum atomic E-state index is 12.8. The van der Waals surface area contributed by atoms with E-state index < -0.39 is 17.5 Å². The third kappa shape index (κ3) is 4.41. The minimum absolute atomic E-state index is 0.0690. The minimum atomic E-state index is -0.847. The van der Waals surface area contributed by atoms with E-state index in [0.717, 1.165) is 29.1 Å². The Morgan fingerprint density at radius 2 is 2.07 bits per heavy atom. The maximum Gasteiger partial charge on any atom is 0.326 e. The summed E-state index contributed by atoms with van der Waals surface area (Å²) in [6, 6.07) is 6.89. The van der Waals surface area contributed by atoms with Crippen molar-refractivity contribution in [2.45, 2.75) is 43.0 Å². The summed E-state index contributed by atoms with van der Waals surface area (Å²) >= 11 is 7.38. The summed E-state index contributed by atoms with van der Waals surface area (Å²) in [5, 5.41) is 3.50. The average molecular weight is 411 g/mol. The number of halogens is 1. The molecule has 0 bridgehead atoms. The second-order valence-electron chi connectivity index (χ2n) is 6.96. The highest BCUT2D eigenvalue weighted by Gasteiger charge is 2.55. The predicted octanol–water partition coefficient (Wildman–Crippen LogP) is 3.48. The highest BCUT2D eigenvalue weighted by molar-refractivity contribution is 7.99. The van der Waals surface area contributed by atoms with Gasteiger partial charge in [-0.1, -0.05) is 31.4 Å². The van der Waals surface area contributed by atoms with E-state index in [-0.39, 0.29) is 25.0 Å². The van der Waals surface area contributed by atoms with Gasteiger partial charge in [-0.2, -0.15) is 0 Å². The molecule has 2 atom stereocenters. The molecule has 3 amide bonds. The molecule has 1 aliphatic heterocycles. The molecule has 0 aromatic heterocycles. The fourth-order valence-electron chi connectivity index (χ4n) is 3.66. The second kappa shape index (κ2) is 8.52. The highest BCUT2D eigenvalue weighted by atomic mass is 35.5. The zero-order valence-electron chi connectivity index (χ0n) is 15.2. The van der Waals surface area contributed by atoms with Crippen LogP contribution in [0.4, 0.5) is 4.79 Å². The van der Waals surface area contributed by atoms with E-state index in [4.69, 9.17) is 16.3 Å². The molecule has 1 saturated carbocycles. The fraction of sp³-hybridized carbons (Fsp3) is 0.526. The molecule has 146 valence electrons. The Balaban J connectivity index is 1.47. The van der Waals surface area contributed by atoms with Crippen LogP contribution in [-0.4, -0.2) is 47.3 Å². The standard InChI is InChI=1S/C19H23ClN2O4S/c1-13-4-2-3-9-19(13)17(24)22(18(25)21-19)12-16(23)26-10-11-27-15-7-5-14(20)6-8-15/h5-8,13H,2-4,9-12H2,1H3,(H,21,25)/t13-,19+/m0/s1. The lowest BCUT2D eigenvalue weighted by atomic mass is 9.73. The van der Waals surface area contributed by atoms with E-state index in [1.54, 1.807) is 12.1 Å². The molecule has 6 nitrogen and oxygen atoms in total. The summed E-state index contributed by atoms with van der Waals surface area (Å²) in [6.07, 6.45) is 3.48. The monoisotopic (exact) mass is 410 g/mol. The molecule has 0 unspecified atom stereocenters. The van der Waals surface area contributed by atoms with Crippen molar-refractivity contribution in [2.24, 2.45) is 5.92 Å². The zero-order valence-corrected chi connectivity index (χ0v) is 16.8. The Hall–Kier alpha value is -1.73. The lowest BCUT2D eigenvalue weighted by Gasteiger charge is -2.36. The van der Waals surface area contributed by atoms with Gasteiger partial charge in [-0.05, 0) is 43.0 Å². The first-order valence-electron chi connectivity index (χ1n) is 9.10. The van der Waals surface area contributed by atoms with E-state index in [9.17, 15) is 14.4 Å². The van der Waals surface area contributed by atoms with Crippen LogP contribution in [0.15, 0.2) is 29.2 Å². The Kier molecular flexibility index (Phi) is 6.32. The van der Waals surface area contributed by atoms with Crippen LogP contribution in [0.1, 0.15) is 32.6 Å². The van der Waals surface area contributed by atoms with Gasteiger partial charge in [0.1, 0.15) is 18.7 Å². The van der Waals surface area contributed by atoms with Crippen molar-refractivity contribution in [1.82, 2.24) is 10.2 Å². The topological polar surface area (TPSA) is 75.7 Å². The number of amides is 3. The van der Waals surface area contributed by atoms with Crippen LogP contribution in [0.2, 0.25) is 5.02 Å². The molecule has 1 aliphatic carbocycles. The van der Waals surface area contributed by atoms with E-state index in [0.29, 0.717) is 17.2 Å². The zero-order chi connectivity index (χ0) is 19.4. The maximum absolute atomic E-state index is 12.8. The number of hydrogen-bond donors (Lipinski definition) is 1. The molecule has 1 aromatic rings. The van der Waals surface area contributed by atoms with Crippen molar-refractivity contribution in [1.29, 1.82) is 0 Å². The van der Waals surface area contributed by atoms with Crippen molar-refractivity contribution < 1.29 is 19.1 Å². The molecule has 3 rings (SSSR count). The van der Waals surface area contributed by atoms with Crippen LogP contribution in [0.25, 0.3) is 0 Å². The quantitative estimate of drug-likeness (QED) is 0.336. The van der Waals surface area contributed by atoms with Crippen molar-refractivity contribution in [3.8, 4) is 0 Å². The third-order valence-corrected chi connectivity index (χ3v) is 6.45. The van der Waals surface area contributed by atoms with E-state index in [1.165, 1.54) is 11.8 Å². The van der Waals surface area contributed by atoms with Crippen molar-refractivity contribution in [2.75, 3.05) is 18.9 Å². The first-order chi connectivity index (χ1) is 12.9. The number of esters is 1. The SMILES string of the molecule is C[C@H]1CCCC[C@@]12NC(=O)N(CC(=O)OCCSc1ccc(Cl)cc1)C2=O. The number of urea groups is 1. The van der Waals surface area contributed by atoms with Gasteiger partial charge in [0.25, 0.3) is 5.91 Å². The summed E-state index contributed by atoms with van der Waals surface area (Å²) in [7, 11) is 0. The Labute approximate surface area is 167 Å². The number of rotatable bonds is 6. The van der Waals surface area contributed by atoms with Gasteiger partial charge in [0.05, 0.1) is 0 Å². The Bertz CT molecular complexity index is 727. The molecule has 2 fully saturated rings. The van der Waals surface area contributed by atoms with Crippen molar-refractivity contribution >= 4 is 41.3 Å². The molecule has 27 heavy (non-hydrogen) atoms. The van der Waals surface area contributed by atoms with E-state index in [1.807, 2.05) is 19.1 Å². The van der Waals surface area contributed by atoms with Gasteiger partial charge >= 0.3 is 12.0 Å². The van der Waals surface area contributed by atoms with Crippen LogP contribution in [0.3, 0.4) is 0 Å². The number of nitrogens with one attached hydrogen (secondary N) is 1. The molecular formula is C19H23ClN2O4S. The van der Waals surface area contributed by atoms with Crippen LogP contribution in [-0.2, 0) is 14.3 Å². The van der Waals surface area contributed by atoms with Gasteiger partial charge in [-0.15, -0.1) is 11.8 Å². The van der Waals surface area contributed by atoms with Gasteiger partial charge in [-0.3, -0.25) is 14.5 Å². The summed E-state index contributed by atoms with van der Waals surface area (Å²) in [5.74, 6) is -0.225. The number of ether oxygens (including phenoxy) is 1. The van der Waals surface area contributed by atoms with Gasteiger partial charge in [0, 0.05) is 15.7 Å². The minimum Gasteiger partial charge on any atom is -0.463 e. The molecular weight excluding hydrogens is 388 g/mol. The van der Waals surface area contributed by atoms with Crippen molar-refractivity contribution in [3.63, 3.8) is 0 Å². The van der Waals surface area contributed by atoms with Crippen LogP contribution in [0.5, 0.6) is 0 Å². The van der Waals surface area contributed by atoms with Gasteiger partial charge in [0.15, 0.2) is 0 Å². The molecule has 1 heterocycles. The van der Waals surface area contributed by atoms with Gasteiger partial charge < -0.3 is 10.1 Å². The second-order valence-corrected chi connectivity index (χ2v) is 8.57. The summed E-state index contributed by atoms with van der Waals surface area (Å²) in [5.41, 5.74) is -0.847. The number of benzene rings is 1. The summed E-state index contributed by atoms with van der Waals surface area (Å²) < 4.78 is 5.19. The Morgan fingerprint density at radius 1 is 1.33 bits per heavy atom. The predicted molar refractivity (Wildman–Crippen MR) is 104 cm³/mol. The van der Waals surface area contributed by atoms with E-state index in [2.05, 4.69) is 5.32 Å². The fourth-order valence-corrected chi connectivity index (χ4v) is 4.52. The molecule has 1 saturated heterocycles. The Morgan fingerprint density at radius 3 is 2.78 bits per heavy atom. The van der Waals surface area contributed by atoms with Gasteiger partial charge in [-0.25, -0.2) is 4.79 Å². The van der Waals surface area contributed by atoms with Crippen LogP contribution < -0.4 is 5.32 Å². The van der Waals surface area contributed by atoms with Crippen molar-refractivity contribution in [3.05, 3.63) is 29.3 Å². The summed E-state index contributed by atoms with van der Waals surface area (Å²) in [4.78, 5) is 39.2. The summed E-state index contributed by atoms with van der Waals surface area (Å²) in [6.45, 7) is 1.84. The van der Waals surface area contributed by atoms with Gasteiger partial charge in [0.2, 0.25) is 0 Å². The molecule has 0 radical (unpaired) electrons. The molecule has 1 spiro atoms. The lowest BCUT2D eigenvalue weighted by Crippen LogP contribution is -2.54. The number of imide groups is 1. The number of hydrogen-bond acceptors (Lipinski definition) is 5. The first-order valence-corrected chi connectivity index (χ1v) is 10.5. The molecule has 2 aliphatic rings. The molecule has 8 heteroatoms. The van der Waals surface area contributed by atoms with Crippen LogP contribution in [0, 0.1) is 5.92 Å². The smallest absolute Gasteiger partial charge is 0.326 e.